The van der Waals surface area contributed by atoms with Gasteiger partial charge in [-0.25, -0.2) is 0 Å². The van der Waals surface area contributed by atoms with Gasteiger partial charge in [0.1, 0.15) is 0 Å². The Balaban J connectivity index is 1.85. The number of aryl methyl sites for hydroxylation is 1. The Morgan fingerprint density at radius 3 is 2.19 bits per heavy atom. The zero-order valence-corrected chi connectivity index (χ0v) is 13.2. The first-order valence-electron chi connectivity index (χ1n) is 8.39. The molecule has 0 saturated carbocycles. The summed E-state index contributed by atoms with van der Waals surface area (Å²) in [6.45, 7) is 0.347. The summed E-state index contributed by atoms with van der Waals surface area (Å²) < 4.78 is 0. The molecule has 0 aliphatic carbocycles. The first kappa shape index (κ1) is 17.7. The highest BCUT2D eigenvalue weighted by molar-refractivity contribution is 5.11. The second-order valence-electron chi connectivity index (χ2n) is 5.52. The van der Waals surface area contributed by atoms with Crippen molar-refractivity contribution in [2.45, 2.75) is 70.6 Å². The maximum Gasteiger partial charge on any atom is 0.0431 e. The monoisotopic (exact) mass is 287 g/mol. The highest BCUT2D eigenvalue weighted by Crippen LogP contribution is 2.09. The van der Waals surface area contributed by atoms with Crippen LogP contribution >= 0.6 is 0 Å². The average Bonchev–Trinajstić information content (AvgIpc) is 2.53. The molecule has 0 aromatic carbocycles. The number of nitrogens with zero attached hydrogens (tertiary/aromatic N) is 1. The maximum absolute atomic E-state index is 8.68. The van der Waals surface area contributed by atoms with E-state index in [1.165, 1.54) is 50.5 Å². The largest absolute Gasteiger partial charge is 0.396 e. The van der Waals surface area contributed by atoms with Crippen molar-refractivity contribution in [1.29, 1.82) is 0 Å². The van der Waals surface area contributed by atoms with E-state index in [1.807, 2.05) is 18.5 Å². The molecule has 0 saturated heterocycles. The third-order valence-corrected chi connectivity index (χ3v) is 3.60. The van der Waals surface area contributed by atoms with Crippen LogP contribution in [0, 0.1) is 11.8 Å². The van der Waals surface area contributed by atoms with Crippen LogP contribution in [0.3, 0.4) is 0 Å². The molecule has 1 heterocycles. The Kier molecular flexibility index (Phi) is 11.5. The van der Waals surface area contributed by atoms with E-state index < -0.39 is 0 Å². The molecule has 0 aliphatic heterocycles. The Morgan fingerprint density at radius 2 is 1.52 bits per heavy atom. The average molecular weight is 287 g/mol. The molecular formula is C19H29NO. The van der Waals surface area contributed by atoms with Crippen LogP contribution in [-0.2, 0) is 6.42 Å². The Hall–Kier alpha value is -1.33. The number of hydrogen-bond acceptors (Lipinski definition) is 2. The maximum atomic E-state index is 8.68. The van der Waals surface area contributed by atoms with Gasteiger partial charge in [0, 0.05) is 31.8 Å². The molecule has 0 spiro atoms. The SMILES string of the molecule is OCCCCCCCCCCC#CCCc1cccnc1. The van der Waals surface area contributed by atoms with E-state index in [2.05, 4.69) is 22.9 Å². The standard InChI is InChI=1S/C19H29NO/c21-17-12-10-8-6-4-2-1-3-5-7-9-11-14-19-15-13-16-20-18-19/h13,15-16,18,21H,1-6,8,10-12,14,17H2. The van der Waals surface area contributed by atoms with Crippen molar-refractivity contribution >= 4 is 0 Å². The van der Waals surface area contributed by atoms with Gasteiger partial charge in [0.2, 0.25) is 0 Å². The van der Waals surface area contributed by atoms with Gasteiger partial charge in [-0.2, -0.15) is 0 Å². The molecule has 0 atom stereocenters. The fourth-order valence-corrected chi connectivity index (χ4v) is 2.32. The number of aliphatic hydroxyl groups excluding tert-OH is 1. The van der Waals surface area contributed by atoms with Crippen molar-refractivity contribution in [3.05, 3.63) is 30.1 Å². The van der Waals surface area contributed by atoms with Crippen LogP contribution in [-0.4, -0.2) is 16.7 Å². The molecule has 2 heteroatoms. The molecule has 0 aliphatic rings. The van der Waals surface area contributed by atoms with E-state index in [-0.39, 0.29) is 0 Å². The summed E-state index contributed by atoms with van der Waals surface area (Å²) in [6.07, 6.45) is 16.6. The molecule has 0 bridgehead atoms. The second-order valence-corrected chi connectivity index (χ2v) is 5.52. The van der Waals surface area contributed by atoms with E-state index in [9.17, 15) is 0 Å². The van der Waals surface area contributed by atoms with Crippen LogP contribution in [0.4, 0.5) is 0 Å². The molecule has 1 N–H and O–H groups in total. The molecule has 116 valence electrons. The van der Waals surface area contributed by atoms with E-state index in [1.54, 1.807) is 0 Å². The third-order valence-electron chi connectivity index (χ3n) is 3.60. The molecule has 1 rings (SSSR count). The van der Waals surface area contributed by atoms with Crippen LogP contribution in [0.25, 0.3) is 0 Å². The Morgan fingerprint density at radius 1 is 0.857 bits per heavy atom. The van der Waals surface area contributed by atoms with Gasteiger partial charge in [0.25, 0.3) is 0 Å². The topological polar surface area (TPSA) is 33.1 Å². The number of aliphatic hydroxyl groups is 1. The quantitative estimate of drug-likeness (QED) is 0.479. The van der Waals surface area contributed by atoms with Crippen LogP contribution in [0.5, 0.6) is 0 Å². The third kappa shape index (κ3) is 11.0. The smallest absolute Gasteiger partial charge is 0.0431 e. The van der Waals surface area contributed by atoms with Gasteiger partial charge in [-0.05, 0) is 30.9 Å². The van der Waals surface area contributed by atoms with E-state index in [0.717, 1.165) is 25.7 Å². The summed E-state index contributed by atoms with van der Waals surface area (Å²) in [6, 6.07) is 4.09. The lowest BCUT2D eigenvalue weighted by atomic mass is 10.1. The zero-order valence-electron chi connectivity index (χ0n) is 13.2. The lowest BCUT2D eigenvalue weighted by molar-refractivity contribution is 0.282. The van der Waals surface area contributed by atoms with E-state index in [4.69, 9.17) is 5.11 Å². The summed E-state index contributed by atoms with van der Waals surface area (Å²) in [7, 11) is 0. The summed E-state index contributed by atoms with van der Waals surface area (Å²) >= 11 is 0. The zero-order chi connectivity index (χ0) is 15.0. The van der Waals surface area contributed by atoms with Crippen molar-refractivity contribution in [2.75, 3.05) is 6.61 Å². The molecular weight excluding hydrogens is 258 g/mol. The lowest BCUT2D eigenvalue weighted by Crippen LogP contribution is -1.84. The molecule has 0 radical (unpaired) electrons. The predicted octanol–water partition coefficient (Wildman–Crippen LogP) is 4.52. The van der Waals surface area contributed by atoms with Gasteiger partial charge in [-0.3, -0.25) is 4.98 Å². The number of unbranched alkanes of at least 4 members (excludes halogenated alkanes) is 8. The van der Waals surface area contributed by atoms with Crippen LogP contribution in [0.15, 0.2) is 24.5 Å². The van der Waals surface area contributed by atoms with E-state index in [0.29, 0.717) is 6.61 Å². The van der Waals surface area contributed by atoms with Gasteiger partial charge in [-0.15, -0.1) is 11.8 Å². The Bertz CT molecular complexity index is 391. The molecule has 2 nitrogen and oxygen atoms in total. The van der Waals surface area contributed by atoms with Gasteiger partial charge in [0.15, 0.2) is 0 Å². The minimum atomic E-state index is 0.347. The minimum absolute atomic E-state index is 0.347. The van der Waals surface area contributed by atoms with Crippen molar-refractivity contribution < 1.29 is 5.11 Å². The van der Waals surface area contributed by atoms with Gasteiger partial charge < -0.3 is 5.11 Å². The second kappa shape index (κ2) is 13.6. The van der Waals surface area contributed by atoms with Crippen molar-refractivity contribution in [3.8, 4) is 11.8 Å². The molecule has 0 amide bonds. The fourth-order valence-electron chi connectivity index (χ4n) is 2.32. The van der Waals surface area contributed by atoms with E-state index >= 15 is 0 Å². The highest BCUT2D eigenvalue weighted by atomic mass is 16.2. The van der Waals surface area contributed by atoms with Crippen LogP contribution in [0.2, 0.25) is 0 Å². The predicted molar refractivity (Wildman–Crippen MR) is 89.0 cm³/mol. The summed E-state index contributed by atoms with van der Waals surface area (Å²) in [4.78, 5) is 4.10. The number of hydrogen-bond donors (Lipinski definition) is 1. The highest BCUT2D eigenvalue weighted by Gasteiger charge is 1.91. The molecule has 0 fully saturated rings. The normalized spacial score (nSPS) is 10.1. The van der Waals surface area contributed by atoms with Crippen LogP contribution in [0.1, 0.15) is 69.8 Å². The summed E-state index contributed by atoms with van der Waals surface area (Å²) in [5.74, 6) is 6.53. The Labute approximate surface area is 130 Å². The fraction of sp³-hybridized carbons (Fsp3) is 0.632. The number of rotatable bonds is 11. The number of aromatic nitrogens is 1. The molecule has 21 heavy (non-hydrogen) atoms. The van der Waals surface area contributed by atoms with Crippen molar-refractivity contribution in [1.82, 2.24) is 4.98 Å². The number of pyridine rings is 1. The van der Waals surface area contributed by atoms with Gasteiger partial charge in [-0.1, -0.05) is 44.6 Å². The van der Waals surface area contributed by atoms with Gasteiger partial charge in [0.05, 0.1) is 0 Å². The molecule has 1 aromatic rings. The summed E-state index contributed by atoms with van der Waals surface area (Å²) in [5.41, 5.74) is 1.27. The minimum Gasteiger partial charge on any atom is -0.396 e. The van der Waals surface area contributed by atoms with Crippen LogP contribution < -0.4 is 0 Å². The molecule has 1 aromatic heterocycles. The lowest BCUT2D eigenvalue weighted by Gasteiger charge is -1.99. The van der Waals surface area contributed by atoms with Gasteiger partial charge >= 0.3 is 0 Å². The first-order chi connectivity index (χ1) is 10.4. The molecule has 0 unspecified atom stereocenters. The summed E-state index contributed by atoms with van der Waals surface area (Å²) in [5, 5.41) is 8.68. The first-order valence-corrected chi connectivity index (χ1v) is 8.39. The van der Waals surface area contributed by atoms with Crippen molar-refractivity contribution in [2.24, 2.45) is 0 Å². The van der Waals surface area contributed by atoms with Crippen molar-refractivity contribution in [3.63, 3.8) is 0 Å².